The van der Waals surface area contributed by atoms with Crippen LogP contribution in [0.1, 0.15) is 49.4 Å². The highest BCUT2D eigenvalue weighted by molar-refractivity contribution is 5.23. The molecular weight excluding hydrogens is 266 g/mol. The molecule has 2 aromatic rings. The molecule has 1 heteroatoms. The molecule has 0 aliphatic carbocycles. The Morgan fingerprint density at radius 1 is 0.727 bits per heavy atom. The van der Waals surface area contributed by atoms with Gasteiger partial charge in [0, 0.05) is 6.54 Å². The Labute approximate surface area is 136 Å². The first-order valence-corrected chi connectivity index (χ1v) is 8.53. The van der Waals surface area contributed by atoms with E-state index in [2.05, 4.69) is 74.6 Å². The molecule has 0 fully saturated rings. The Morgan fingerprint density at radius 3 is 1.86 bits per heavy atom. The van der Waals surface area contributed by atoms with Crippen LogP contribution in [0.4, 0.5) is 0 Å². The van der Waals surface area contributed by atoms with Crippen molar-refractivity contribution in [3.63, 3.8) is 0 Å². The third kappa shape index (κ3) is 6.91. The largest absolute Gasteiger partial charge is 0.316 e. The van der Waals surface area contributed by atoms with E-state index in [-0.39, 0.29) is 0 Å². The van der Waals surface area contributed by atoms with Gasteiger partial charge in [0.1, 0.15) is 0 Å². The van der Waals surface area contributed by atoms with Gasteiger partial charge in [-0.2, -0.15) is 0 Å². The van der Waals surface area contributed by atoms with E-state index in [1.54, 1.807) is 0 Å². The van der Waals surface area contributed by atoms with Gasteiger partial charge in [0.25, 0.3) is 0 Å². The van der Waals surface area contributed by atoms with Crippen LogP contribution in [-0.4, -0.2) is 7.05 Å². The summed E-state index contributed by atoms with van der Waals surface area (Å²) < 4.78 is 0. The zero-order chi connectivity index (χ0) is 16.2. The van der Waals surface area contributed by atoms with Crippen LogP contribution in [0.15, 0.2) is 48.5 Å². The van der Waals surface area contributed by atoms with Gasteiger partial charge in [-0.1, -0.05) is 75.7 Å². The van der Waals surface area contributed by atoms with Gasteiger partial charge in [0.15, 0.2) is 0 Å². The minimum absolute atomic E-state index is 0.966. The van der Waals surface area contributed by atoms with Gasteiger partial charge in [-0.3, -0.25) is 0 Å². The molecule has 0 aromatic heterocycles. The van der Waals surface area contributed by atoms with Crippen molar-refractivity contribution in [1.29, 1.82) is 0 Å². The molecule has 0 spiro atoms. The monoisotopic (exact) mass is 297 g/mol. The Morgan fingerprint density at radius 2 is 1.32 bits per heavy atom. The standard InChI is InChI=1S/C11H16.C10H15N/c1-3-5-11-8-6-10(4-2)7-9-11;1-3-9-5-4-6-10(7-9)8-11-2/h6-9H,3-5H2,1-2H3;4-7,11H,3,8H2,1-2H3. The van der Waals surface area contributed by atoms with Crippen molar-refractivity contribution in [3.05, 3.63) is 70.8 Å². The topological polar surface area (TPSA) is 12.0 Å². The molecule has 0 saturated carbocycles. The summed E-state index contributed by atoms with van der Waals surface area (Å²) in [6, 6.07) is 17.6. The average Bonchev–Trinajstić information content (AvgIpc) is 2.57. The van der Waals surface area contributed by atoms with Crippen LogP contribution in [0, 0.1) is 0 Å². The molecular formula is C21H31N. The summed E-state index contributed by atoms with van der Waals surface area (Å²) in [5.41, 5.74) is 5.68. The van der Waals surface area contributed by atoms with E-state index in [1.165, 1.54) is 35.1 Å². The average molecular weight is 297 g/mol. The maximum atomic E-state index is 3.14. The molecule has 0 unspecified atom stereocenters. The predicted molar refractivity (Wildman–Crippen MR) is 98.4 cm³/mol. The van der Waals surface area contributed by atoms with Crippen LogP contribution in [0.5, 0.6) is 0 Å². The quantitative estimate of drug-likeness (QED) is 0.775. The molecule has 0 heterocycles. The summed E-state index contributed by atoms with van der Waals surface area (Å²) in [5, 5.41) is 3.14. The second-order valence-corrected chi connectivity index (χ2v) is 5.62. The van der Waals surface area contributed by atoms with Gasteiger partial charge in [-0.25, -0.2) is 0 Å². The van der Waals surface area contributed by atoms with E-state index in [1.807, 2.05) is 7.05 Å². The zero-order valence-electron chi connectivity index (χ0n) is 14.7. The second kappa shape index (κ2) is 11.0. The highest BCUT2D eigenvalue weighted by Crippen LogP contribution is 2.06. The van der Waals surface area contributed by atoms with Crippen molar-refractivity contribution in [3.8, 4) is 0 Å². The summed E-state index contributed by atoms with van der Waals surface area (Å²) in [4.78, 5) is 0. The number of benzene rings is 2. The molecule has 1 nitrogen and oxygen atoms in total. The van der Waals surface area contributed by atoms with E-state index in [0.717, 1.165) is 19.4 Å². The first kappa shape index (κ1) is 18.4. The van der Waals surface area contributed by atoms with Crippen LogP contribution >= 0.6 is 0 Å². The lowest BCUT2D eigenvalue weighted by atomic mass is 10.1. The number of aryl methyl sites for hydroxylation is 3. The maximum Gasteiger partial charge on any atom is 0.0202 e. The van der Waals surface area contributed by atoms with Gasteiger partial charge in [-0.15, -0.1) is 0 Å². The number of rotatable bonds is 6. The fraction of sp³-hybridized carbons (Fsp3) is 0.429. The molecule has 0 bridgehead atoms. The van der Waals surface area contributed by atoms with E-state index >= 15 is 0 Å². The van der Waals surface area contributed by atoms with E-state index in [4.69, 9.17) is 0 Å². The zero-order valence-corrected chi connectivity index (χ0v) is 14.7. The number of nitrogens with one attached hydrogen (secondary N) is 1. The third-order valence-corrected chi connectivity index (χ3v) is 3.75. The lowest BCUT2D eigenvalue weighted by molar-refractivity contribution is 0.816. The molecule has 22 heavy (non-hydrogen) atoms. The van der Waals surface area contributed by atoms with Crippen molar-refractivity contribution >= 4 is 0 Å². The smallest absolute Gasteiger partial charge is 0.0202 e. The van der Waals surface area contributed by atoms with Gasteiger partial charge in [0.05, 0.1) is 0 Å². The van der Waals surface area contributed by atoms with Crippen LogP contribution in [-0.2, 0) is 25.8 Å². The molecule has 1 N–H and O–H groups in total. The fourth-order valence-corrected chi connectivity index (χ4v) is 2.39. The molecule has 0 radical (unpaired) electrons. The molecule has 0 saturated heterocycles. The minimum Gasteiger partial charge on any atom is -0.316 e. The summed E-state index contributed by atoms with van der Waals surface area (Å²) >= 11 is 0. The summed E-state index contributed by atoms with van der Waals surface area (Å²) in [6.45, 7) is 7.55. The van der Waals surface area contributed by atoms with Gasteiger partial charge in [0.2, 0.25) is 0 Å². The highest BCUT2D eigenvalue weighted by atomic mass is 14.8. The fourth-order valence-electron chi connectivity index (χ4n) is 2.39. The van der Waals surface area contributed by atoms with Crippen molar-refractivity contribution in [2.24, 2.45) is 0 Å². The Hall–Kier alpha value is -1.60. The highest BCUT2D eigenvalue weighted by Gasteiger charge is 1.91. The van der Waals surface area contributed by atoms with Crippen molar-refractivity contribution in [2.75, 3.05) is 7.05 Å². The molecule has 0 aliphatic rings. The van der Waals surface area contributed by atoms with E-state index in [9.17, 15) is 0 Å². The summed E-state index contributed by atoms with van der Waals surface area (Å²) in [7, 11) is 1.97. The van der Waals surface area contributed by atoms with Crippen LogP contribution in [0.2, 0.25) is 0 Å². The van der Waals surface area contributed by atoms with Crippen molar-refractivity contribution in [2.45, 2.75) is 53.0 Å². The maximum absolute atomic E-state index is 3.14. The third-order valence-electron chi connectivity index (χ3n) is 3.75. The first-order valence-electron chi connectivity index (χ1n) is 8.53. The Kier molecular flexibility index (Phi) is 9.25. The summed E-state index contributed by atoms with van der Waals surface area (Å²) in [5.74, 6) is 0. The molecule has 0 atom stereocenters. The van der Waals surface area contributed by atoms with Crippen LogP contribution < -0.4 is 5.32 Å². The molecule has 120 valence electrons. The predicted octanol–water partition coefficient (Wildman–Crippen LogP) is 5.17. The Bertz CT molecular complexity index is 514. The number of hydrogen-bond acceptors (Lipinski definition) is 1. The minimum atomic E-state index is 0.966. The van der Waals surface area contributed by atoms with E-state index in [0.29, 0.717) is 0 Å². The lowest BCUT2D eigenvalue weighted by Crippen LogP contribution is -2.04. The SMILES string of the molecule is CCCc1ccc(CC)cc1.CCc1cccc(CNC)c1. The molecule has 0 amide bonds. The molecule has 0 aliphatic heterocycles. The van der Waals surface area contributed by atoms with Crippen LogP contribution in [0.25, 0.3) is 0 Å². The van der Waals surface area contributed by atoms with Gasteiger partial charge in [-0.05, 0) is 48.6 Å². The van der Waals surface area contributed by atoms with Crippen molar-refractivity contribution < 1.29 is 0 Å². The van der Waals surface area contributed by atoms with Gasteiger partial charge < -0.3 is 5.32 Å². The van der Waals surface area contributed by atoms with E-state index < -0.39 is 0 Å². The lowest BCUT2D eigenvalue weighted by Gasteiger charge is -2.01. The number of hydrogen-bond donors (Lipinski definition) is 1. The van der Waals surface area contributed by atoms with Gasteiger partial charge >= 0.3 is 0 Å². The molecule has 2 aromatic carbocycles. The summed E-state index contributed by atoms with van der Waals surface area (Å²) in [6.07, 6.45) is 4.72. The second-order valence-electron chi connectivity index (χ2n) is 5.62. The normalized spacial score (nSPS) is 10.0. The van der Waals surface area contributed by atoms with Crippen molar-refractivity contribution in [1.82, 2.24) is 5.32 Å². The molecule has 2 rings (SSSR count). The Balaban J connectivity index is 0.000000220. The first-order chi connectivity index (χ1) is 10.7. The van der Waals surface area contributed by atoms with Crippen LogP contribution in [0.3, 0.4) is 0 Å².